The molecule has 0 fully saturated rings. The van der Waals surface area contributed by atoms with Crippen molar-refractivity contribution >= 4 is 40.6 Å². The second-order valence-corrected chi connectivity index (χ2v) is 6.62. The van der Waals surface area contributed by atoms with Gasteiger partial charge in [0.05, 0.1) is 4.34 Å². The van der Waals surface area contributed by atoms with Crippen LogP contribution in [0.5, 0.6) is 0 Å². The van der Waals surface area contributed by atoms with Crippen molar-refractivity contribution in [3.63, 3.8) is 0 Å². The van der Waals surface area contributed by atoms with Crippen LogP contribution in [0.3, 0.4) is 0 Å². The van der Waals surface area contributed by atoms with E-state index in [9.17, 15) is 4.79 Å². The molecule has 1 aromatic heterocycles. The van der Waals surface area contributed by atoms with Crippen LogP contribution in [0.1, 0.15) is 15.2 Å². The van der Waals surface area contributed by atoms with E-state index < -0.39 is 0 Å². The van der Waals surface area contributed by atoms with Gasteiger partial charge in [0.15, 0.2) is 0 Å². The summed E-state index contributed by atoms with van der Waals surface area (Å²) in [5.74, 6) is -0.0321. The van der Waals surface area contributed by atoms with Crippen LogP contribution in [0, 0.1) is 0 Å². The third-order valence-electron chi connectivity index (χ3n) is 2.64. The summed E-state index contributed by atoms with van der Waals surface area (Å²) in [5, 5.41) is 2.91. The predicted octanol–water partition coefficient (Wildman–Crippen LogP) is 4.10. The number of benzene rings is 1. The van der Waals surface area contributed by atoms with Gasteiger partial charge in [-0.2, -0.15) is 0 Å². The fourth-order valence-corrected chi connectivity index (χ4v) is 3.13. The van der Waals surface area contributed by atoms with Gasteiger partial charge in [0.1, 0.15) is 0 Å². The van der Waals surface area contributed by atoms with Gasteiger partial charge in [-0.15, -0.1) is 23.1 Å². The number of halogens is 1. The highest BCUT2D eigenvalue weighted by Crippen LogP contribution is 2.21. The van der Waals surface area contributed by atoms with E-state index in [4.69, 9.17) is 11.6 Å². The van der Waals surface area contributed by atoms with Crippen molar-refractivity contribution in [1.82, 2.24) is 5.32 Å². The van der Waals surface area contributed by atoms with Gasteiger partial charge in [0, 0.05) is 21.9 Å². The largest absolute Gasteiger partial charge is 0.352 e. The molecule has 2 aromatic rings. The minimum Gasteiger partial charge on any atom is -0.352 e. The third-order valence-corrected chi connectivity index (χ3v) is 4.67. The lowest BCUT2D eigenvalue weighted by molar-refractivity contribution is 0.0954. The number of hydrogen-bond donors (Lipinski definition) is 1. The molecule has 0 spiro atoms. The molecule has 0 unspecified atom stereocenters. The molecule has 0 saturated heterocycles. The van der Waals surface area contributed by atoms with Gasteiger partial charge in [-0.05, 0) is 49.1 Å². The Morgan fingerprint density at radius 2 is 2.00 bits per heavy atom. The first-order valence-corrected chi connectivity index (χ1v) is 8.27. The minimum absolute atomic E-state index is 0.0321. The molecule has 1 amide bonds. The number of carbonyl (C=O) groups is 1. The van der Waals surface area contributed by atoms with Crippen molar-refractivity contribution in [2.75, 3.05) is 12.8 Å². The van der Waals surface area contributed by atoms with Crippen molar-refractivity contribution in [2.45, 2.75) is 11.3 Å². The Morgan fingerprint density at radius 1 is 1.26 bits per heavy atom. The fraction of sp³-hybridized carbons (Fsp3) is 0.214. The summed E-state index contributed by atoms with van der Waals surface area (Å²) in [5.41, 5.74) is 0.696. The Hall–Kier alpha value is -0.970. The number of rotatable bonds is 5. The van der Waals surface area contributed by atoms with Crippen molar-refractivity contribution in [3.05, 3.63) is 51.2 Å². The quantitative estimate of drug-likeness (QED) is 0.842. The molecule has 1 aromatic carbocycles. The number of hydrogen-bond acceptors (Lipinski definition) is 3. The van der Waals surface area contributed by atoms with Crippen LogP contribution in [0.2, 0.25) is 4.34 Å². The van der Waals surface area contributed by atoms with Gasteiger partial charge in [-0.1, -0.05) is 11.6 Å². The summed E-state index contributed by atoms with van der Waals surface area (Å²) in [7, 11) is 0. The molecule has 1 N–H and O–H groups in total. The van der Waals surface area contributed by atoms with E-state index in [1.807, 2.05) is 42.7 Å². The van der Waals surface area contributed by atoms with Crippen LogP contribution in [0.25, 0.3) is 0 Å². The first-order valence-electron chi connectivity index (χ1n) is 5.85. The van der Waals surface area contributed by atoms with Crippen molar-refractivity contribution in [2.24, 2.45) is 0 Å². The number of thiophene rings is 1. The topological polar surface area (TPSA) is 29.1 Å². The second-order valence-electron chi connectivity index (χ2n) is 3.94. The normalized spacial score (nSPS) is 10.4. The maximum absolute atomic E-state index is 11.9. The van der Waals surface area contributed by atoms with Gasteiger partial charge in [-0.3, -0.25) is 4.79 Å². The Labute approximate surface area is 126 Å². The molecule has 19 heavy (non-hydrogen) atoms. The average molecular weight is 312 g/mol. The summed E-state index contributed by atoms with van der Waals surface area (Å²) < 4.78 is 0.786. The van der Waals surface area contributed by atoms with Gasteiger partial charge < -0.3 is 5.32 Å². The average Bonchev–Trinajstić information content (AvgIpc) is 2.84. The van der Waals surface area contributed by atoms with Crippen molar-refractivity contribution in [1.29, 1.82) is 0 Å². The number of nitrogens with one attached hydrogen (secondary N) is 1. The Kier molecular flexibility index (Phi) is 5.31. The predicted molar refractivity (Wildman–Crippen MR) is 83.6 cm³/mol. The van der Waals surface area contributed by atoms with Crippen LogP contribution < -0.4 is 5.32 Å². The van der Waals surface area contributed by atoms with Crippen LogP contribution in [0.15, 0.2) is 41.3 Å². The molecule has 0 aliphatic carbocycles. The van der Waals surface area contributed by atoms with E-state index >= 15 is 0 Å². The molecule has 0 radical (unpaired) electrons. The molecule has 2 rings (SSSR count). The van der Waals surface area contributed by atoms with Crippen LogP contribution in [-0.2, 0) is 6.42 Å². The molecule has 0 saturated carbocycles. The summed E-state index contributed by atoms with van der Waals surface area (Å²) in [4.78, 5) is 14.2. The minimum atomic E-state index is -0.0321. The molecule has 0 aliphatic rings. The van der Waals surface area contributed by atoms with Gasteiger partial charge in [-0.25, -0.2) is 0 Å². The summed E-state index contributed by atoms with van der Waals surface area (Å²) in [6, 6.07) is 11.5. The van der Waals surface area contributed by atoms with E-state index in [1.54, 1.807) is 23.1 Å². The highest BCUT2D eigenvalue weighted by molar-refractivity contribution is 7.98. The Bertz CT molecular complexity index is 551. The van der Waals surface area contributed by atoms with Gasteiger partial charge >= 0.3 is 0 Å². The molecule has 100 valence electrons. The zero-order valence-corrected chi connectivity index (χ0v) is 12.9. The molecular formula is C14H14ClNOS2. The Balaban J connectivity index is 1.83. The molecular weight excluding hydrogens is 298 g/mol. The number of amides is 1. The summed E-state index contributed by atoms with van der Waals surface area (Å²) in [6.07, 6.45) is 2.83. The first kappa shape index (κ1) is 14.4. The molecule has 0 aliphatic heterocycles. The SMILES string of the molecule is CSc1ccc(C(=O)NCCc2ccc(Cl)s2)cc1. The van der Waals surface area contributed by atoms with Crippen molar-refractivity contribution in [3.8, 4) is 0 Å². The standard InChI is InChI=1S/C14H14ClNOS2/c1-18-11-4-2-10(3-5-11)14(17)16-9-8-12-6-7-13(15)19-12/h2-7H,8-9H2,1H3,(H,16,17). The van der Waals surface area contributed by atoms with Crippen LogP contribution in [-0.4, -0.2) is 18.7 Å². The Morgan fingerprint density at radius 3 is 2.58 bits per heavy atom. The maximum atomic E-state index is 11.9. The lowest BCUT2D eigenvalue weighted by atomic mass is 10.2. The van der Waals surface area contributed by atoms with Gasteiger partial charge in [0.25, 0.3) is 5.91 Å². The summed E-state index contributed by atoms with van der Waals surface area (Å²) in [6.45, 7) is 0.625. The molecule has 2 nitrogen and oxygen atoms in total. The van der Waals surface area contributed by atoms with E-state index in [-0.39, 0.29) is 5.91 Å². The maximum Gasteiger partial charge on any atom is 0.251 e. The number of carbonyl (C=O) groups excluding carboxylic acids is 1. The van der Waals surface area contributed by atoms with Crippen molar-refractivity contribution < 1.29 is 4.79 Å². The third kappa shape index (κ3) is 4.27. The highest BCUT2D eigenvalue weighted by Gasteiger charge is 2.05. The molecule has 0 bridgehead atoms. The van der Waals surface area contributed by atoms with Gasteiger partial charge in [0.2, 0.25) is 0 Å². The highest BCUT2D eigenvalue weighted by atomic mass is 35.5. The molecule has 0 atom stereocenters. The van der Waals surface area contributed by atoms with E-state index in [0.29, 0.717) is 12.1 Å². The fourth-order valence-electron chi connectivity index (χ4n) is 1.63. The zero-order valence-electron chi connectivity index (χ0n) is 10.5. The number of thioether (sulfide) groups is 1. The zero-order chi connectivity index (χ0) is 13.7. The summed E-state index contributed by atoms with van der Waals surface area (Å²) >= 11 is 9.07. The molecule has 1 heterocycles. The lowest BCUT2D eigenvalue weighted by Gasteiger charge is -2.05. The van der Waals surface area contributed by atoms with Crippen LogP contribution in [0.4, 0.5) is 0 Å². The van der Waals surface area contributed by atoms with E-state index in [0.717, 1.165) is 15.7 Å². The van der Waals surface area contributed by atoms with E-state index in [2.05, 4.69) is 5.32 Å². The smallest absolute Gasteiger partial charge is 0.251 e. The van der Waals surface area contributed by atoms with E-state index in [1.165, 1.54) is 4.88 Å². The lowest BCUT2D eigenvalue weighted by Crippen LogP contribution is -2.25. The first-order chi connectivity index (χ1) is 9.19. The van der Waals surface area contributed by atoms with Crippen LogP contribution >= 0.6 is 34.7 Å². The second kappa shape index (κ2) is 6.98. The monoisotopic (exact) mass is 311 g/mol. The molecule has 5 heteroatoms.